The first-order valence-corrected chi connectivity index (χ1v) is 7.12. The molecule has 0 spiro atoms. The van der Waals surface area contributed by atoms with Gasteiger partial charge in [0.05, 0.1) is 5.56 Å². The third-order valence-corrected chi connectivity index (χ3v) is 3.49. The number of aromatic amines is 1. The number of amides is 1. The molecule has 0 atom stereocenters. The molecule has 0 unspecified atom stereocenters. The van der Waals surface area contributed by atoms with Gasteiger partial charge in [-0.3, -0.25) is 9.89 Å². The number of furan rings is 1. The first-order valence-electron chi connectivity index (χ1n) is 7.12. The molecule has 0 radical (unpaired) electrons. The summed E-state index contributed by atoms with van der Waals surface area (Å²) in [4.78, 5) is 16.3. The van der Waals surface area contributed by atoms with Crippen molar-refractivity contribution in [1.29, 1.82) is 0 Å². The molecule has 2 aromatic heterocycles. The lowest BCUT2D eigenvalue weighted by atomic mass is 10.1. The fourth-order valence-corrected chi connectivity index (χ4v) is 2.28. The molecule has 7 nitrogen and oxygen atoms in total. The number of nitrogens with two attached hydrogens (primary N) is 1. The van der Waals surface area contributed by atoms with E-state index in [9.17, 15) is 4.79 Å². The van der Waals surface area contributed by atoms with E-state index in [-0.39, 0.29) is 11.9 Å². The maximum atomic E-state index is 12.3. The standard InChI is InChI=1S/C15H17N5O2/c1-2-9-3-4-12-10(7-9)11(8-22-12)14(21)17-6-5-13-18-15(16)20-19-13/h3-4,7-8H,2,5-6H2,1H3,(H,17,21)(H3,16,18,19,20). The zero-order chi connectivity index (χ0) is 15.5. The van der Waals surface area contributed by atoms with Gasteiger partial charge in [0, 0.05) is 18.4 Å². The molecule has 3 rings (SSSR count). The molecule has 7 heteroatoms. The van der Waals surface area contributed by atoms with Crippen LogP contribution in [0.2, 0.25) is 0 Å². The van der Waals surface area contributed by atoms with Gasteiger partial charge in [0.2, 0.25) is 5.95 Å². The number of benzene rings is 1. The van der Waals surface area contributed by atoms with E-state index in [0.29, 0.717) is 29.9 Å². The zero-order valence-electron chi connectivity index (χ0n) is 12.2. The summed E-state index contributed by atoms with van der Waals surface area (Å²) in [5, 5.41) is 10.1. The van der Waals surface area contributed by atoms with Gasteiger partial charge in [-0.25, -0.2) is 0 Å². The maximum absolute atomic E-state index is 12.3. The lowest BCUT2D eigenvalue weighted by Gasteiger charge is -2.03. The molecule has 1 aromatic carbocycles. The molecule has 0 bridgehead atoms. The molecule has 0 saturated heterocycles. The summed E-state index contributed by atoms with van der Waals surface area (Å²) < 4.78 is 5.43. The van der Waals surface area contributed by atoms with Crippen molar-refractivity contribution in [1.82, 2.24) is 20.5 Å². The van der Waals surface area contributed by atoms with Crippen molar-refractivity contribution in [2.24, 2.45) is 0 Å². The Hall–Kier alpha value is -2.83. The smallest absolute Gasteiger partial charge is 0.255 e. The van der Waals surface area contributed by atoms with Gasteiger partial charge in [-0.2, -0.15) is 4.98 Å². The zero-order valence-corrected chi connectivity index (χ0v) is 12.2. The molecule has 3 aromatic rings. The van der Waals surface area contributed by atoms with E-state index in [1.165, 1.54) is 11.8 Å². The van der Waals surface area contributed by atoms with Crippen molar-refractivity contribution in [2.45, 2.75) is 19.8 Å². The number of carbonyl (C=O) groups excluding carboxylic acids is 1. The number of aromatic nitrogens is 3. The Kier molecular flexibility index (Phi) is 3.78. The van der Waals surface area contributed by atoms with Gasteiger partial charge in [-0.15, -0.1) is 5.10 Å². The van der Waals surface area contributed by atoms with Crippen molar-refractivity contribution in [3.63, 3.8) is 0 Å². The van der Waals surface area contributed by atoms with Gasteiger partial charge in [0.15, 0.2) is 0 Å². The highest BCUT2D eigenvalue weighted by Gasteiger charge is 2.14. The van der Waals surface area contributed by atoms with E-state index in [4.69, 9.17) is 10.2 Å². The highest BCUT2D eigenvalue weighted by atomic mass is 16.3. The van der Waals surface area contributed by atoms with E-state index >= 15 is 0 Å². The topological polar surface area (TPSA) is 110 Å². The molecule has 114 valence electrons. The number of H-pyrrole nitrogens is 1. The molecular formula is C15H17N5O2. The van der Waals surface area contributed by atoms with Gasteiger partial charge in [-0.1, -0.05) is 13.0 Å². The monoisotopic (exact) mass is 299 g/mol. The van der Waals surface area contributed by atoms with Crippen LogP contribution in [0.25, 0.3) is 11.0 Å². The highest BCUT2D eigenvalue weighted by Crippen LogP contribution is 2.22. The van der Waals surface area contributed by atoms with E-state index in [1.807, 2.05) is 18.2 Å². The minimum atomic E-state index is -0.167. The second-order valence-electron chi connectivity index (χ2n) is 4.98. The van der Waals surface area contributed by atoms with E-state index in [2.05, 4.69) is 27.4 Å². The molecular weight excluding hydrogens is 282 g/mol. The summed E-state index contributed by atoms with van der Waals surface area (Å²) in [5.41, 5.74) is 7.85. The van der Waals surface area contributed by atoms with E-state index in [0.717, 1.165) is 11.8 Å². The Morgan fingerprint density at radius 3 is 3.05 bits per heavy atom. The lowest BCUT2D eigenvalue weighted by Crippen LogP contribution is -2.25. The maximum Gasteiger partial charge on any atom is 0.255 e. The number of rotatable bonds is 5. The number of anilines is 1. The molecule has 0 fully saturated rings. The minimum Gasteiger partial charge on any atom is -0.463 e. The predicted molar refractivity (Wildman–Crippen MR) is 82.4 cm³/mol. The van der Waals surface area contributed by atoms with Crippen LogP contribution in [-0.4, -0.2) is 27.6 Å². The number of carbonyl (C=O) groups is 1. The van der Waals surface area contributed by atoms with Crippen molar-refractivity contribution in [2.75, 3.05) is 12.3 Å². The molecule has 0 saturated carbocycles. The number of hydrogen-bond acceptors (Lipinski definition) is 5. The Morgan fingerprint density at radius 1 is 1.45 bits per heavy atom. The highest BCUT2D eigenvalue weighted by molar-refractivity contribution is 6.06. The van der Waals surface area contributed by atoms with Crippen LogP contribution in [-0.2, 0) is 12.8 Å². The first kappa shape index (κ1) is 14.1. The third kappa shape index (κ3) is 2.78. The van der Waals surface area contributed by atoms with Gasteiger partial charge in [-0.05, 0) is 24.1 Å². The molecule has 2 heterocycles. The first-order chi connectivity index (χ1) is 10.7. The van der Waals surface area contributed by atoms with Crippen LogP contribution in [0.4, 0.5) is 5.95 Å². The van der Waals surface area contributed by atoms with Crippen LogP contribution in [0, 0.1) is 0 Å². The summed E-state index contributed by atoms with van der Waals surface area (Å²) in [6, 6.07) is 5.88. The van der Waals surface area contributed by atoms with Crippen LogP contribution in [0.3, 0.4) is 0 Å². The predicted octanol–water partition coefficient (Wildman–Crippen LogP) is 1.67. The van der Waals surface area contributed by atoms with Crippen molar-refractivity contribution in [3.8, 4) is 0 Å². The van der Waals surface area contributed by atoms with E-state index in [1.54, 1.807) is 0 Å². The van der Waals surface area contributed by atoms with Gasteiger partial charge in [0.25, 0.3) is 5.91 Å². The Morgan fingerprint density at radius 2 is 2.32 bits per heavy atom. The fourth-order valence-electron chi connectivity index (χ4n) is 2.28. The van der Waals surface area contributed by atoms with Crippen molar-refractivity contribution < 1.29 is 9.21 Å². The molecule has 0 aliphatic carbocycles. The number of nitrogens with zero attached hydrogens (tertiary/aromatic N) is 2. The normalized spacial score (nSPS) is 11.0. The minimum absolute atomic E-state index is 0.167. The second-order valence-corrected chi connectivity index (χ2v) is 4.98. The second kappa shape index (κ2) is 5.88. The fraction of sp³-hybridized carbons (Fsp3) is 0.267. The average Bonchev–Trinajstić information content (AvgIpc) is 3.12. The molecule has 1 amide bonds. The van der Waals surface area contributed by atoms with Gasteiger partial charge in [0.1, 0.15) is 17.7 Å². The lowest BCUT2D eigenvalue weighted by molar-refractivity contribution is 0.0955. The van der Waals surface area contributed by atoms with Crippen LogP contribution in [0.5, 0.6) is 0 Å². The van der Waals surface area contributed by atoms with Crippen molar-refractivity contribution >= 4 is 22.8 Å². The molecule has 0 aliphatic heterocycles. The van der Waals surface area contributed by atoms with Crippen LogP contribution in [0.15, 0.2) is 28.9 Å². The number of hydrogen-bond donors (Lipinski definition) is 3. The molecule has 22 heavy (non-hydrogen) atoms. The number of aryl methyl sites for hydroxylation is 1. The third-order valence-electron chi connectivity index (χ3n) is 3.49. The van der Waals surface area contributed by atoms with Crippen molar-refractivity contribution in [3.05, 3.63) is 41.4 Å². The van der Waals surface area contributed by atoms with Crippen LogP contribution < -0.4 is 11.1 Å². The molecule has 4 N–H and O–H groups in total. The quantitative estimate of drug-likeness (QED) is 0.663. The number of nitrogen functional groups attached to an aromatic ring is 1. The SMILES string of the molecule is CCc1ccc2occ(C(=O)NCCc3nc(N)n[nH]3)c2c1. The van der Waals surface area contributed by atoms with Gasteiger partial charge < -0.3 is 15.5 Å². The average molecular weight is 299 g/mol. The Labute approximate surface area is 126 Å². The summed E-state index contributed by atoms with van der Waals surface area (Å²) in [6.07, 6.45) is 2.94. The van der Waals surface area contributed by atoms with Crippen LogP contribution >= 0.6 is 0 Å². The Balaban J connectivity index is 1.69. The van der Waals surface area contributed by atoms with Crippen LogP contribution in [0.1, 0.15) is 28.7 Å². The summed E-state index contributed by atoms with van der Waals surface area (Å²) in [6.45, 7) is 2.51. The van der Waals surface area contributed by atoms with E-state index < -0.39 is 0 Å². The van der Waals surface area contributed by atoms with Gasteiger partial charge >= 0.3 is 0 Å². The number of nitrogens with one attached hydrogen (secondary N) is 2. The summed E-state index contributed by atoms with van der Waals surface area (Å²) >= 11 is 0. The molecule has 0 aliphatic rings. The Bertz CT molecular complexity index is 805. The summed E-state index contributed by atoms with van der Waals surface area (Å²) in [5.74, 6) is 0.678. The largest absolute Gasteiger partial charge is 0.463 e. The summed E-state index contributed by atoms with van der Waals surface area (Å²) in [7, 11) is 0. The number of fused-ring (bicyclic) bond motifs is 1.